The summed E-state index contributed by atoms with van der Waals surface area (Å²) in [4.78, 5) is 14.4. The number of nitrogens with zero attached hydrogens (tertiary/aromatic N) is 1. The SMILES string of the molecule is C/C(=C/C(=O)c1ccc(F)cc1)N1CCC(O)(c2ccccc2)CC1. The van der Waals surface area contributed by atoms with E-state index in [2.05, 4.69) is 4.90 Å². The standard InChI is InChI=1S/C21H22FNO2/c1-16(15-20(24)17-7-9-19(22)10-8-17)23-13-11-21(25,12-14-23)18-5-3-2-4-6-18/h2-10,15,25H,11-14H2,1H3/b16-15-. The summed E-state index contributed by atoms with van der Waals surface area (Å²) in [6, 6.07) is 15.3. The Bertz CT molecular complexity index is 760. The molecular formula is C21H22FNO2. The zero-order valence-electron chi connectivity index (χ0n) is 14.3. The first-order valence-corrected chi connectivity index (χ1v) is 8.49. The number of allylic oxidation sites excluding steroid dienone is 2. The number of likely N-dealkylation sites (tertiary alicyclic amines) is 1. The summed E-state index contributed by atoms with van der Waals surface area (Å²) in [6.45, 7) is 3.27. The number of hydrogen-bond acceptors (Lipinski definition) is 3. The van der Waals surface area contributed by atoms with Crippen molar-refractivity contribution in [1.82, 2.24) is 4.90 Å². The number of benzene rings is 2. The third-order valence-electron chi connectivity index (χ3n) is 4.87. The number of halogens is 1. The Balaban J connectivity index is 1.66. The highest BCUT2D eigenvalue weighted by molar-refractivity contribution is 6.04. The molecule has 3 rings (SSSR count). The molecule has 1 fully saturated rings. The van der Waals surface area contributed by atoms with Crippen molar-refractivity contribution in [3.63, 3.8) is 0 Å². The van der Waals surface area contributed by atoms with Crippen molar-refractivity contribution >= 4 is 5.78 Å². The molecule has 0 aliphatic carbocycles. The average Bonchev–Trinajstić information content (AvgIpc) is 2.63. The lowest BCUT2D eigenvalue weighted by Gasteiger charge is -2.40. The Labute approximate surface area is 147 Å². The van der Waals surface area contributed by atoms with Crippen LogP contribution in [0, 0.1) is 5.82 Å². The summed E-state index contributed by atoms with van der Waals surface area (Å²) in [5.74, 6) is -0.491. The first kappa shape index (κ1) is 17.4. The molecule has 3 nitrogen and oxygen atoms in total. The highest BCUT2D eigenvalue weighted by Crippen LogP contribution is 2.33. The first-order chi connectivity index (χ1) is 12.0. The molecule has 0 radical (unpaired) electrons. The molecule has 1 aliphatic rings. The molecule has 0 saturated carbocycles. The van der Waals surface area contributed by atoms with E-state index < -0.39 is 5.60 Å². The molecule has 1 aliphatic heterocycles. The van der Waals surface area contributed by atoms with Gasteiger partial charge in [0.2, 0.25) is 0 Å². The van der Waals surface area contributed by atoms with E-state index in [1.807, 2.05) is 37.3 Å². The lowest BCUT2D eigenvalue weighted by molar-refractivity contribution is -0.0185. The number of aliphatic hydroxyl groups is 1. The van der Waals surface area contributed by atoms with Crippen molar-refractivity contribution in [2.45, 2.75) is 25.4 Å². The molecule has 4 heteroatoms. The van der Waals surface area contributed by atoms with E-state index in [9.17, 15) is 14.3 Å². The predicted octanol–water partition coefficient (Wildman–Crippen LogP) is 3.90. The molecule has 2 aromatic rings. The van der Waals surface area contributed by atoms with Crippen LogP contribution in [0.25, 0.3) is 0 Å². The van der Waals surface area contributed by atoms with E-state index in [1.54, 1.807) is 6.08 Å². The second kappa shape index (κ2) is 7.19. The van der Waals surface area contributed by atoms with Crippen molar-refractivity contribution in [1.29, 1.82) is 0 Å². The summed E-state index contributed by atoms with van der Waals surface area (Å²) >= 11 is 0. The molecule has 0 aromatic heterocycles. The van der Waals surface area contributed by atoms with Crippen LogP contribution in [0.4, 0.5) is 4.39 Å². The highest BCUT2D eigenvalue weighted by atomic mass is 19.1. The second-order valence-electron chi connectivity index (χ2n) is 6.54. The van der Waals surface area contributed by atoms with Gasteiger partial charge >= 0.3 is 0 Å². The lowest BCUT2D eigenvalue weighted by Crippen LogP contribution is -2.41. The van der Waals surface area contributed by atoms with Gasteiger partial charge in [-0.15, -0.1) is 0 Å². The van der Waals surface area contributed by atoms with Crippen molar-refractivity contribution in [2.75, 3.05) is 13.1 Å². The smallest absolute Gasteiger partial charge is 0.187 e. The van der Waals surface area contributed by atoms with Gasteiger partial charge in [-0.3, -0.25) is 4.79 Å². The van der Waals surface area contributed by atoms with Gasteiger partial charge in [0.25, 0.3) is 0 Å². The maximum Gasteiger partial charge on any atom is 0.187 e. The van der Waals surface area contributed by atoms with E-state index in [0.717, 1.165) is 11.3 Å². The van der Waals surface area contributed by atoms with Crippen LogP contribution in [-0.2, 0) is 5.60 Å². The van der Waals surface area contributed by atoms with Crippen LogP contribution >= 0.6 is 0 Å². The van der Waals surface area contributed by atoms with Gasteiger partial charge in [0, 0.05) is 30.4 Å². The van der Waals surface area contributed by atoms with Crippen molar-refractivity contribution in [3.8, 4) is 0 Å². The van der Waals surface area contributed by atoms with Gasteiger partial charge in [0.1, 0.15) is 5.82 Å². The van der Waals surface area contributed by atoms with Crippen molar-refractivity contribution in [3.05, 3.63) is 83.3 Å². The highest BCUT2D eigenvalue weighted by Gasteiger charge is 2.33. The maximum absolute atomic E-state index is 13.0. The number of piperidine rings is 1. The fourth-order valence-electron chi connectivity index (χ4n) is 3.24. The fourth-order valence-corrected chi connectivity index (χ4v) is 3.24. The van der Waals surface area contributed by atoms with Crippen molar-refractivity contribution < 1.29 is 14.3 Å². The number of ketones is 1. The van der Waals surface area contributed by atoms with Crippen LogP contribution in [0.15, 0.2) is 66.4 Å². The van der Waals surface area contributed by atoms with Gasteiger partial charge < -0.3 is 10.0 Å². The molecule has 2 aromatic carbocycles. The zero-order valence-corrected chi connectivity index (χ0v) is 14.3. The second-order valence-corrected chi connectivity index (χ2v) is 6.54. The minimum Gasteiger partial charge on any atom is -0.385 e. The van der Waals surface area contributed by atoms with Crippen LogP contribution in [0.3, 0.4) is 0 Å². The number of carbonyl (C=O) groups excluding carboxylic acids is 1. The molecule has 25 heavy (non-hydrogen) atoms. The van der Waals surface area contributed by atoms with Gasteiger partial charge in [0.05, 0.1) is 5.60 Å². The number of carbonyl (C=O) groups is 1. The van der Waals surface area contributed by atoms with E-state index in [-0.39, 0.29) is 11.6 Å². The van der Waals surface area contributed by atoms with Crippen molar-refractivity contribution in [2.24, 2.45) is 0 Å². The van der Waals surface area contributed by atoms with Crippen LogP contribution in [0.1, 0.15) is 35.7 Å². The van der Waals surface area contributed by atoms with E-state index in [0.29, 0.717) is 31.5 Å². The third-order valence-corrected chi connectivity index (χ3v) is 4.87. The maximum atomic E-state index is 13.0. The summed E-state index contributed by atoms with van der Waals surface area (Å²) in [5, 5.41) is 10.9. The normalized spacial score (nSPS) is 17.4. The van der Waals surface area contributed by atoms with Gasteiger partial charge in [-0.1, -0.05) is 30.3 Å². The molecule has 1 N–H and O–H groups in total. The molecule has 1 heterocycles. The zero-order chi connectivity index (χ0) is 17.9. The average molecular weight is 339 g/mol. The van der Waals surface area contributed by atoms with Crippen LogP contribution < -0.4 is 0 Å². The molecule has 0 spiro atoms. The largest absolute Gasteiger partial charge is 0.385 e. The Kier molecular flexibility index (Phi) is 5.00. The summed E-state index contributed by atoms with van der Waals surface area (Å²) in [7, 11) is 0. The quantitative estimate of drug-likeness (QED) is 0.678. The Morgan fingerprint density at radius 2 is 1.68 bits per heavy atom. The minimum atomic E-state index is -0.807. The summed E-state index contributed by atoms with van der Waals surface area (Å²) < 4.78 is 13.0. The molecule has 0 atom stereocenters. The topological polar surface area (TPSA) is 40.5 Å². The number of rotatable bonds is 4. The van der Waals surface area contributed by atoms with E-state index in [1.165, 1.54) is 24.3 Å². The molecule has 130 valence electrons. The molecular weight excluding hydrogens is 317 g/mol. The van der Waals surface area contributed by atoms with Gasteiger partial charge in [-0.25, -0.2) is 4.39 Å². The van der Waals surface area contributed by atoms with Gasteiger partial charge in [-0.05, 0) is 49.6 Å². The van der Waals surface area contributed by atoms with Crippen LogP contribution in [0.5, 0.6) is 0 Å². The van der Waals surface area contributed by atoms with Gasteiger partial charge in [0.15, 0.2) is 5.78 Å². The minimum absolute atomic E-state index is 0.138. The van der Waals surface area contributed by atoms with Gasteiger partial charge in [-0.2, -0.15) is 0 Å². The van der Waals surface area contributed by atoms with Crippen LogP contribution in [0.2, 0.25) is 0 Å². The third kappa shape index (κ3) is 3.97. The van der Waals surface area contributed by atoms with E-state index in [4.69, 9.17) is 0 Å². The molecule has 1 saturated heterocycles. The Hall–Kier alpha value is -2.46. The molecule has 0 bridgehead atoms. The summed E-state index contributed by atoms with van der Waals surface area (Å²) in [6.07, 6.45) is 2.82. The monoisotopic (exact) mass is 339 g/mol. The van der Waals surface area contributed by atoms with E-state index >= 15 is 0 Å². The first-order valence-electron chi connectivity index (χ1n) is 8.49. The molecule has 0 unspecified atom stereocenters. The van der Waals surface area contributed by atoms with Crippen LogP contribution in [-0.4, -0.2) is 28.9 Å². The number of hydrogen-bond donors (Lipinski definition) is 1. The fraction of sp³-hybridized carbons (Fsp3) is 0.286. The Morgan fingerprint density at radius 1 is 1.08 bits per heavy atom. The Morgan fingerprint density at radius 3 is 2.28 bits per heavy atom. The lowest BCUT2D eigenvalue weighted by atomic mass is 9.84. The predicted molar refractivity (Wildman–Crippen MR) is 95.6 cm³/mol. The summed E-state index contributed by atoms with van der Waals surface area (Å²) in [5.41, 5.74) is 1.47. The molecule has 0 amide bonds.